The van der Waals surface area contributed by atoms with E-state index in [1.54, 1.807) is 0 Å². The summed E-state index contributed by atoms with van der Waals surface area (Å²) < 4.78 is 5.66. The molecule has 1 aliphatic rings. The summed E-state index contributed by atoms with van der Waals surface area (Å²) in [5.41, 5.74) is 1.87. The van der Waals surface area contributed by atoms with E-state index in [-0.39, 0.29) is 0 Å². The summed E-state index contributed by atoms with van der Waals surface area (Å²) in [7, 11) is 0. The molecule has 4 nitrogen and oxygen atoms in total. The first kappa shape index (κ1) is 13.3. The molecular formula is C14H22N2O2. The highest BCUT2D eigenvalue weighted by atomic mass is 16.5. The van der Waals surface area contributed by atoms with Gasteiger partial charge in [-0.1, -0.05) is 13.8 Å². The number of hydrogen-bond donors (Lipinski definition) is 1. The number of hydrogen-bond acceptors (Lipinski definition) is 4. The van der Waals surface area contributed by atoms with E-state index in [2.05, 4.69) is 16.8 Å². The third-order valence-corrected chi connectivity index (χ3v) is 3.46. The fourth-order valence-corrected chi connectivity index (χ4v) is 2.19. The number of pyridine rings is 1. The predicted molar refractivity (Wildman–Crippen MR) is 71.7 cm³/mol. The summed E-state index contributed by atoms with van der Waals surface area (Å²) in [6, 6.07) is 3.96. The highest BCUT2D eigenvalue weighted by molar-refractivity contribution is 5.45. The van der Waals surface area contributed by atoms with Gasteiger partial charge in [0.15, 0.2) is 0 Å². The third-order valence-electron chi connectivity index (χ3n) is 3.46. The summed E-state index contributed by atoms with van der Waals surface area (Å²) in [4.78, 5) is 6.64. The Morgan fingerprint density at radius 1 is 1.50 bits per heavy atom. The monoisotopic (exact) mass is 250 g/mol. The number of ether oxygens (including phenoxy) is 1. The van der Waals surface area contributed by atoms with Crippen LogP contribution >= 0.6 is 0 Å². The van der Waals surface area contributed by atoms with Gasteiger partial charge in [-0.05, 0) is 25.0 Å². The van der Waals surface area contributed by atoms with Gasteiger partial charge in [-0.15, -0.1) is 0 Å². The largest absolute Gasteiger partial charge is 0.387 e. The van der Waals surface area contributed by atoms with Crippen molar-refractivity contribution in [1.82, 2.24) is 4.98 Å². The summed E-state index contributed by atoms with van der Waals surface area (Å²) >= 11 is 0. The van der Waals surface area contributed by atoms with Crippen molar-refractivity contribution in [2.75, 3.05) is 24.6 Å². The molecule has 0 aromatic carbocycles. The first-order valence-corrected chi connectivity index (χ1v) is 6.75. The second kappa shape index (κ2) is 6.16. The van der Waals surface area contributed by atoms with Crippen molar-refractivity contribution in [1.29, 1.82) is 0 Å². The zero-order valence-corrected chi connectivity index (χ0v) is 11.2. The molecule has 0 spiro atoms. The molecule has 4 heteroatoms. The predicted octanol–water partition coefficient (Wildman–Crippen LogP) is 2.14. The molecule has 1 saturated heterocycles. The lowest BCUT2D eigenvalue weighted by Crippen LogP contribution is -2.42. The average molecular weight is 250 g/mol. The lowest BCUT2D eigenvalue weighted by atomic mass is 10.1. The van der Waals surface area contributed by atoms with Gasteiger partial charge in [0, 0.05) is 13.1 Å². The first-order chi connectivity index (χ1) is 8.74. The molecule has 18 heavy (non-hydrogen) atoms. The Kier molecular flexibility index (Phi) is 4.55. The van der Waals surface area contributed by atoms with Gasteiger partial charge in [-0.3, -0.25) is 4.98 Å². The number of aliphatic hydroxyl groups excluding tert-OH is 1. The molecule has 1 aromatic rings. The van der Waals surface area contributed by atoms with Gasteiger partial charge >= 0.3 is 0 Å². The smallest absolute Gasteiger partial charge is 0.0957 e. The highest BCUT2D eigenvalue weighted by Gasteiger charge is 2.19. The number of nitrogens with zero attached hydrogens (tertiary/aromatic N) is 2. The molecule has 0 bridgehead atoms. The van der Waals surface area contributed by atoms with E-state index in [1.165, 1.54) is 0 Å². The van der Waals surface area contributed by atoms with Crippen molar-refractivity contribution in [3.8, 4) is 0 Å². The van der Waals surface area contributed by atoms with Crippen LogP contribution in [0, 0.1) is 0 Å². The molecule has 100 valence electrons. The second-order valence-electron chi connectivity index (χ2n) is 4.71. The standard InChI is InChI=1S/C14H22N2O2/c1-3-12-10-16(7-8-18-12)11-5-6-13(15-9-11)14(17)4-2/h5-6,9,12,14,17H,3-4,7-8,10H2,1-2H3/t12?,14-/m0/s1. The van der Waals surface area contributed by atoms with Gasteiger partial charge < -0.3 is 14.7 Å². The van der Waals surface area contributed by atoms with E-state index in [4.69, 9.17) is 4.74 Å². The molecule has 1 fully saturated rings. The summed E-state index contributed by atoms with van der Waals surface area (Å²) in [5, 5.41) is 9.71. The van der Waals surface area contributed by atoms with E-state index in [0.29, 0.717) is 12.5 Å². The lowest BCUT2D eigenvalue weighted by molar-refractivity contribution is 0.0384. The van der Waals surface area contributed by atoms with Crippen LogP contribution in [0.2, 0.25) is 0 Å². The Morgan fingerprint density at radius 3 is 2.94 bits per heavy atom. The quantitative estimate of drug-likeness (QED) is 0.889. The minimum atomic E-state index is -0.452. The van der Waals surface area contributed by atoms with Crippen LogP contribution in [0.15, 0.2) is 18.3 Å². The van der Waals surface area contributed by atoms with Crippen LogP contribution in [0.4, 0.5) is 5.69 Å². The molecule has 0 amide bonds. The summed E-state index contributed by atoms with van der Waals surface area (Å²) in [5.74, 6) is 0. The Morgan fingerprint density at radius 2 is 2.33 bits per heavy atom. The SMILES string of the molecule is CCC1CN(c2ccc([C@@H](O)CC)nc2)CCO1. The van der Waals surface area contributed by atoms with Crippen molar-refractivity contribution in [3.05, 3.63) is 24.0 Å². The zero-order chi connectivity index (χ0) is 13.0. The maximum Gasteiger partial charge on any atom is 0.0957 e. The average Bonchev–Trinajstić information content (AvgIpc) is 2.46. The zero-order valence-electron chi connectivity index (χ0n) is 11.2. The van der Waals surface area contributed by atoms with Crippen LogP contribution < -0.4 is 4.90 Å². The molecule has 1 aromatic heterocycles. The normalized spacial score (nSPS) is 21.9. The van der Waals surface area contributed by atoms with Crippen molar-refractivity contribution in [2.24, 2.45) is 0 Å². The van der Waals surface area contributed by atoms with Crippen LogP contribution in [0.3, 0.4) is 0 Å². The second-order valence-corrected chi connectivity index (χ2v) is 4.71. The molecule has 2 heterocycles. The molecule has 2 rings (SSSR count). The van der Waals surface area contributed by atoms with E-state index in [9.17, 15) is 5.11 Å². The van der Waals surface area contributed by atoms with Gasteiger partial charge in [0.25, 0.3) is 0 Å². The fraction of sp³-hybridized carbons (Fsp3) is 0.643. The van der Waals surface area contributed by atoms with E-state index < -0.39 is 6.10 Å². The summed E-state index contributed by atoms with van der Waals surface area (Å²) in [6.45, 7) is 6.71. The van der Waals surface area contributed by atoms with Crippen LogP contribution in [0.5, 0.6) is 0 Å². The van der Waals surface area contributed by atoms with Crippen molar-refractivity contribution >= 4 is 5.69 Å². The first-order valence-electron chi connectivity index (χ1n) is 6.75. The van der Waals surface area contributed by atoms with Gasteiger partial charge in [0.05, 0.1) is 36.4 Å². The number of anilines is 1. The molecule has 1 unspecified atom stereocenters. The maximum absolute atomic E-state index is 9.71. The van der Waals surface area contributed by atoms with Crippen molar-refractivity contribution < 1.29 is 9.84 Å². The molecule has 0 saturated carbocycles. The van der Waals surface area contributed by atoms with Crippen molar-refractivity contribution in [3.63, 3.8) is 0 Å². The minimum absolute atomic E-state index is 0.319. The molecular weight excluding hydrogens is 228 g/mol. The van der Waals surface area contributed by atoms with Crippen LogP contribution in [-0.2, 0) is 4.74 Å². The Balaban J connectivity index is 2.04. The number of morpholine rings is 1. The van der Waals surface area contributed by atoms with Gasteiger partial charge in [0.1, 0.15) is 0 Å². The molecule has 2 atom stereocenters. The number of rotatable bonds is 4. The van der Waals surface area contributed by atoms with Crippen LogP contribution in [-0.4, -0.2) is 35.9 Å². The minimum Gasteiger partial charge on any atom is -0.387 e. The van der Waals surface area contributed by atoms with Gasteiger partial charge in [0.2, 0.25) is 0 Å². The molecule has 0 radical (unpaired) electrons. The van der Waals surface area contributed by atoms with Gasteiger partial charge in [-0.25, -0.2) is 0 Å². The van der Waals surface area contributed by atoms with Crippen LogP contribution in [0.1, 0.15) is 38.5 Å². The Hall–Kier alpha value is -1.13. The van der Waals surface area contributed by atoms with Crippen molar-refractivity contribution in [2.45, 2.75) is 38.9 Å². The van der Waals surface area contributed by atoms with E-state index in [0.717, 1.165) is 37.5 Å². The van der Waals surface area contributed by atoms with Gasteiger partial charge in [-0.2, -0.15) is 0 Å². The lowest BCUT2D eigenvalue weighted by Gasteiger charge is -2.34. The fourth-order valence-electron chi connectivity index (χ4n) is 2.19. The van der Waals surface area contributed by atoms with E-state index in [1.807, 2.05) is 25.3 Å². The Labute approximate surface area is 109 Å². The Bertz CT molecular complexity index is 367. The van der Waals surface area contributed by atoms with E-state index >= 15 is 0 Å². The number of aromatic nitrogens is 1. The molecule has 0 aliphatic carbocycles. The topological polar surface area (TPSA) is 45.6 Å². The molecule has 1 aliphatic heterocycles. The summed E-state index contributed by atoms with van der Waals surface area (Å²) in [6.07, 6.45) is 3.46. The number of aliphatic hydroxyl groups is 1. The van der Waals surface area contributed by atoms with Crippen LogP contribution in [0.25, 0.3) is 0 Å². The highest BCUT2D eigenvalue weighted by Crippen LogP contribution is 2.20. The molecule has 1 N–H and O–H groups in total. The maximum atomic E-state index is 9.71. The third kappa shape index (κ3) is 3.00.